The molecular formula is C28H28N6O. The van der Waals surface area contributed by atoms with Crippen molar-refractivity contribution in [1.82, 2.24) is 24.1 Å². The zero-order valence-corrected chi connectivity index (χ0v) is 19.6. The minimum atomic E-state index is -0.0676. The fraction of sp³-hybridized carbons (Fsp3) is 0.250. The summed E-state index contributed by atoms with van der Waals surface area (Å²) >= 11 is 0. The molecule has 0 N–H and O–H groups in total. The SMILES string of the molecule is O=c1n(CCCN2CCN(c3cc(-c4ccccc4)c4ccccc4n3)CC2)nc2ccccn12. The Morgan fingerprint density at radius 3 is 2.40 bits per heavy atom. The molecule has 176 valence electrons. The van der Waals surface area contributed by atoms with Crippen LogP contribution in [0.4, 0.5) is 5.82 Å². The van der Waals surface area contributed by atoms with Crippen LogP contribution in [0.15, 0.2) is 89.9 Å². The first-order valence-electron chi connectivity index (χ1n) is 12.2. The first-order valence-corrected chi connectivity index (χ1v) is 12.2. The number of rotatable bonds is 6. The molecule has 0 radical (unpaired) electrons. The van der Waals surface area contributed by atoms with Crippen molar-refractivity contribution in [3.8, 4) is 11.1 Å². The molecule has 7 nitrogen and oxygen atoms in total. The van der Waals surface area contributed by atoms with E-state index >= 15 is 0 Å². The van der Waals surface area contributed by atoms with Crippen LogP contribution in [-0.2, 0) is 6.54 Å². The van der Waals surface area contributed by atoms with Crippen LogP contribution < -0.4 is 10.6 Å². The molecule has 0 atom stereocenters. The van der Waals surface area contributed by atoms with Gasteiger partial charge in [-0.25, -0.2) is 14.5 Å². The van der Waals surface area contributed by atoms with E-state index in [2.05, 4.69) is 75.6 Å². The number of para-hydroxylation sites is 1. The van der Waals surface area contributed by atoms with Crippen molar-refractivity contribution < 1.29 is 0 Å². The number of anilines is 1. The molecule has 0 aliphatic carbocycles. The van der Waals surface area contributed by atoms with Gasteiger partial charge in [0.05, 0.1) is 5.52 Å². The molecule has 0 amide bonds. The van der Waals surface area contributed by atoms with Gasteiger partial charge in [0.25, 0.3) is 0 Å². The highest BCUT2D eigenvalue weighted by Crippen LogP contribution is 2.31. The van der Waals surface area contributed by atoms with Crippen molar-refractivity contribution in [1.29, 1.82) is 0 Å². The summed E-state index contributed by atoms with van der Waals surface area (Å²) in [5.74, 6) is 1.04. The molecule has 0 spiro atoms. The van der Waals surface area contributed by atoms with Gasteiger partial charge in [-0.15, -0.1) is 5.10 Å². The second kappa shape index (κ2) is 9.35. The predicted molar refractivity (Wildman–Crippen MR) is 140 cm³/mol. The maximum absolute atomic E-state index is 12.5. The van der Waals surface area contributed by atoms with E-state index in [1.54, 1.807) is 15.3 Å². The van der Waals surface area contributed by atoms with E-state index in [-0.39, 0.29) is 5.69 Å². The van der Waals surface area contributed by atoms with Crippen molar-refractivity contribution in [3.05, 3.63) is 95.5 Å². The first kappa shape index (κ1) is 21.6. The Hall–Kier alpha value is -3.97. The van der Waals surface area contributed by atoms with Gasteiger partial charge in [-0.05, 0) is 41.8 Å². The molecule has 0 saturated carbocycles. The fourth-order valence-electron chi connectivity index (χ4n) is 4.94. The second-order valence-electron chi connectivity index (χ2n) is 9.03. The molecule has 1 aliphatic heterocycles. The Morgan fingerprint density at radius 1 is 0.800 bits per heavy atom. The van der Waals surface area contributed by atoms with Crippen LogP contribution in [0.25, 0.3) is 27.7 Å². The summed E-state index contributed by atoms with van der Waals surface area (Å²) < 4.78 is 3.18. The van der Waals surface area contributed by atoms with E-state index in [0.717, 1.165) is 50.5 Å². The number of nitrogens with zero attached hydrogens (tertiary/aromatic N) is 6. The maximum atomic E-state index is 12.5. The Labute approximate surface area is 203 Å². The quantitative estimate of drug-likeness (QED) is 0.381. The van der Waals surface area contributed by atoms with Crippen molar-refractivity contribution in [3.63, 3.8) is 0 Å². The molecule has 35 heavy (non-hydrogen) atoms. The Morgan fingerprint density at radius 2 is 1.57 bits per heavy atom. The summed E-state index contributed by atoms with van der Waals surface area (Å²) in [5, 5.41) is 5.62. The van der Waals surface area contributed by atoms with Crippen LogP contribution >= 0.6 is 0 Å². The summed E-state index contributed by atoms with van der Waals surface area (Å²) in [6, 6.07) is 26.8. The summed E-state index contributed by atoms with van der Waals surface area (Å²) in [7, 11) is 0. The minimum absolute atomic E-state index is 0.0676. The van der Waals surface area contributed by atoms with E-state index in [1.165, 1.54) is 16.5 Å². The van der Waals surface area contributed by atoms with Gasteiger partial charge < -0.3 is 4.90 Å². The van der Waals surface area contributed by atoms with Gasteiger partial charge in [0.15, 0.2) is 5.65 Å². The molecule has 6 rings (SSSR count). The predicted octanol–water partition coefficient (Wildman–Crippen LogP) is 3.92. The van der Waals surface area contributed by atoms with E-state index in [4.69, 9.17) is 4.98 Å². The average Bonchev–Trinajstić information content (AvgIpc) is 3.24. The Bertz CT molecular complexity index is 1520. The van der Waals surface area contributed by atoms with E-state index in [0.29, 0.717) is 12.2 Å². The average molecular weight is 465 g/mol. The Balaban J connectivity index is 1.12. The number of aromatic nitrogens is 4. The number of hydrogen-bond acceptors (Lipinski definition) is 5. The number of pyridine rings is 2. The zero-order chi connectivity index (χ0) is 23.6. The molecule has 0 unspecified atom stereocenters. The molecule has 1 aliphatic rings. The number of piperazine rings is 1. The van der Waals surface area contributed by atoms with Crippen LogP contribution in [-0.4, -0.2) is 56.8 Å². The lowest BCUT2D eigenvalue weighted by atomic mass is 10.0. The first-order chi connectivity index (χ1) is 17.3. The van der Waals surface area contributed by atoms with Crippen molar-refractivity contribution in [2.45, 2.75) is 13.0 Å². The molecular weight excluding hydrogens is 436 g/mol. The van der Waals surface area contributed by atoms with Gasteiger partial charge in [0, 0.05) is 50.9 Å². The van der Waals surface area contributed by atoms with Gasteiger partial charge in [0.1, 0.15) is 5.82 Å². The number of hydrogen-bond donors (Lipinski definition) is 0. The van der Waals surface area contributed by atoms with Gasteiger partial charge in [-0.3, -0.25) is 9.30 Å². The lowest BCUT2D eigenvalue weighted by Gasteiger charge is -2.35. The highest BCUT2D eigenvalue weighted by Gasteiger charge is 2.19. The molecule has 5 aromatic rings. The summed E-state index contributed by atoms with van der Waals surface area (Å²) in [6.45, 7) is 5.42. The summed E-state index contributed by atoms with van der Waals surface area (Å²) in [5.41, 5.74) is 4.11. The molecule has 3 aromatic heterocycles. The van der Waals surface area contributed by atoms with Crippen molar-refractivity contribution >= 4 is 22.4 Å². The van der Waals surface area contributed by atoms with Crippen LogP contribution in [0.5, 0.6) is 0 Å². The molecule has 7 heteroatoms. The summed E-state index contributed by atoms with van der Waals surface area (Å²) in [6.07, 6.45) is 2.67. The van der Waals surface area contributed by atoms with Crippen molar-refractivity contribution in [2.75, 3.05) is 37.6 Å². The van der Waals surface area contributed by atoms with Crippen LogP contribution in [0.1, 0.15) is 6.42 Å². The van der Waals surface area contributed by atoms with Gasteiger partial charge >= 0.3 is 5.69 Å². The fourth-order valence-corrected chi connectivity index (χ4v) is 4.94. The monoisotopic (exact) mass is 464 g/mol. The van der Waals surface area contributed by atoms with Crippen LogP contribution in [0.2, 0.25) is 0 Å². The molecule has 0 bridgehead atoms. The van der Waals surface area contributed by atoms with Crippen LogP contribution in [0.3, 0.4) is 0 Å². The number of benzene rings is 2. The third kappa shape index (κ3) is 4.31. The molecule has 1 saturated heterocycles. The van der Waals surface area contributed by atoms with Crippen LogP contribution in [0, 0.1) is 0 Å². The molecule has 4 heterocycles. The van der Waals surface area contributed by atoms with E-state index in [1.807, 2.05) is 18.2 Å². The molecule has 2 aromatic carbocycles. The topological polar surface area (TPSA) is 58.7 Å². The third-order valence-electron chi connectivity index (χ3n) is 6.82. The lowest BCUT2D eigenvalue weighted by molar-refractivity contribution is 0.248. The second-order valence-corrected chi connectivity index (χ2v) is 9.03. The lowest BCUT2D eigenvalue weighted by Crippen LogP contribution is -2.47. The Kier molecular flexibility index (Phi) is 5.76. The van der Waals surface area contributed by atoms with Gasteiger partial charge in [-0.1, -0.05) is 54.6 Å². The van der Waals surface area contributed by atoms with E-state index < -0.39 is 0 Å². The normalized spacial score (nSPS) is 14.7. The number of aryl methyl sites for hydroxylation is 1. The smallest absolute Gasteiger partial charge is 0.350 e. The minimum Gasteiger partial charge on any atom is -0.354 e. The maximum Gasteiger partial charge on any atom is 0.350 e. The van der Waals surface area contributed by atoms with Gasteiger partial charge in [0.2, 0.25) is 0 Å². The third-order valence-corrected chi connectivity index (χ3v) is 6.82. The summed E-state index contributed by atoms with van der Waals surface area (Å²) in [4.78, 5) is 22.3. The van der Waals surface area contributed by atoms with Gasteiger partial charge in [-0.2, -0.15) is 0 Å². The largest absolute Gasteiger partial charge is 0.354 e. The standard InChI is InChI=1S/C28H28N6O/c35-28-33-15-7-6-13-26(33)30-34(28)16-8-14-31-17-19-32(20-18-31)27-21-24(22-9-2-1-3-10-22)23-11-4-5-12-25(23)29-27/h1-7,9-13,15,21H,8,14,16-20H2. The highest BCUT2D eigenvalue weighted by molar-refractivity contribution is 5.96. The molecule has 1 fully saturated rings. The van der Waals surface area contributed by atoms with Crippen molar-refractivity contribution in [2.24, 2.45) is 0 Å². The van der Waals surface area contributed by atoms with E-state index in [9.17, 15) is 4.79 Å². The number of fused-ring (bicyclic) bond motifs is 2. The highest BCUT2D eigenvalue weighted by atomic mass is 16.2. The zero-order valence-electron chi connectivity index (χ0n) is 19.6.